The van der Waals surface area contributed by atoms with Gasteiger partial charge in [0.2, 0.25) is 11.8 Å². The van der Waals surface area contributed by atoms with Crippen molar-refractivity contribution >= 4 is 34.6 Å². The topological polar surface area (TPSA) is 132 Å². The molecule has 3 aromatic rings. The third-order valence-corrected chi connectivity index (χ3v) is 7.63. The minimum atomic E-state index is -1.13. The van der Waals surface area contributed by atoms with Crippen molar-refractivity contribution in [1.29, 1.82) is 0 Å². The summed E-state index contributed by atoms with van der Waals surface area (Å²) in [6.07, 6.45) is 0.289. The van der Waals surface area contributed by atoms with Crippen LogP contribution in [0.3, 0.4) is 0 Å². The van der Waals surface area contributed by atoms with Crippen molar-refractivity contribution in [2.75, 3.05) is 0 Å². The highest BCUT2D eigenvalue weighted by Gasteiger charge is 2.49. The Labute approximate surface area is 220 Å². The number of carbonyl (C=O) groups excluding carboxylic acids is 3. The fourth-order valence-electron chi connectivity index (χ4n) is 5.68. The number of para-hydroxylation sites is 1. The third kappa shape index (κ3) is 4.12. The largest absolute Gasteiger partial charge is 0.480 e. The molecule has 5 rings (SSSR count). The summed E-state index contributed by atoms with van der Waals surface area (Å²) < 4.78 is 0. The number of aromatic nitrogens is 1. The monoisotopic (exact) mass is 516 g/mol. The number of fused-ring (bicyclic) bond motifs is 7. The summed E-state index contributed by atoms with van der Waals surface area (Å²) in [6, 6.07) is 11.9. The average Bonchev–Trinajstić information content (AvgIpc) is 3.40. The third-order valence-electron chi connectivity index (χ3n) is 7.63. The maximum absolute atomic E-state index is 13.9. The number of aliphatic carboxylic acids is 1. The normalized spacial score (nSPS) is 19.6. The van der Waals surface area contributed by atoms with E-state index >= 15 is 0 Å². The number of hydrogen-bond donors (Lipinski definition) is 4. The quantitative estimate of drug-likeness (QED) is 0.383. The van der Waals surface area contributed by atoms with Crippen LogP contribution < -0.4 is 10.6 Å². The molecule has 0 saturated carbocycles. The molecule has 4 atom stereocenters. The van der Waals surface area contributed by atoms with Gasteiger partial charge in [0.1, 0.15) is 18.1 Å². The van der Waals surface area contributed by atoms with Crippen molar-refractivity contribution in [3.05, 3.63) is 70.9 Å². The highest BCUT2D eigenvalue weighted by Crippen LogP contribution is 2.46. The fraction of sp³-hybridized carbons (Fsp3) is 0.379. The highest BCUT2D eigenvalue weighted by molar-refractivity contribution is 6.04. The number of carboxylic acids is 1. The van der Waals surface area contributed by atoms with Crippen LogP contribution in [0.2, 0.25) is 0 Å². The number of nitrogens with one attached hydrogen (secondary N) is 3. The molecule has 2 aliphatic heterocycles. The second-order valence-corrected chi connectivity index (χ2v) is 10.8. The minimum absolute atomic E-state index is 0.230. The van der Waals surface area contributed by atoms with Crippen molar-refractivity contribution in [3.8, 4) is 0 Å². The Balaban J connectivity index is 1.50. The maximum Gasteiger partial charge on any atom is 0.326 e. The Bertz CT molecular complexity index is 1440. The van der Waals surface area contributed by atoms with Crippen molar-refractivity contribution in [3.63, 3.8) is 0 Å². The zero-order valence-corrected chi connectivity index (χ0v) is 21.8. The van der Waals surface area contributed by atoms with Gasteiger partial charge < -0.3 is 25.6 Å². The van der Waals surface area contributed by atoms with Gasteiger partial charge in [-0.2, -0.15) is 0 Å². The van der Waals surface area contributed by atoms with Gasteiger partial charge in [0.05, 0.1) is 6.04 Å². The summed E-state index contributed by atoms with van der Waals surface area (Å²) in [5.74, 6) is -3.02. The van der Waals surface area contributed by atoms with Crippen LogP contribution in [-0.2, 0) is 20.8 Å². The smallest absolute Gasteiger partial charge is 0.326 e. The lowest BCUT2D eigenvalue weighted by molar-refractivity contribution is -0.143. The van der Waals surface area contributed by atoms with E-state index in [0.717, 1.165) is 27.7 Å². The number of aromatic amines is 1. The van der Waals surface area contributed by atoms with Crippen LogP contribution in [-0.4, -0.2) is 56.8 Å². The van der Waals surface area contributed by atoms with Crippen LogP contribution in [0.25, 0.3) is 10.9 Å². The molecule has 0 aliphatic carbocycles. The van der Waals surface area contributed by atoms with Crippen LogP contribution in [0.5, 0.6) is 0 Å². The molecule has 4 N–H and O–H groups in total. The van der Waals surface area contributed by atoms with Crippen LogP contribution in [0.15, 0.2) is 48.5 Å². The van der Waals surface area contributed by atoms with Gasteiger partial charge in [0.25, 0.3) is 5.91 Å². The summed E-state index contributed by atoms with van der Waals surface area (Å²) in [6.45, 7) is 6.99. The van der Waals surface area contributed by atoms with E-state index in [0.29, 0.717) is 5.56 Å². The number of carbonyl (C=O) groups is 4. The second-order valence-electron chi connectivity index (χ2n) is 10.8. The fourth-order valence-corrected chi connectivity index (χ4v) is 5.68. The molecule has 2 aliphatic rings. The maximum atomic E-state index is 13.9. The Hall–Kier alpha value is -4.14. The lowest BCUT2D eigenvalue weighted by Gasteiger charge is -2.38. The van der Waals surface area contributed by atoms with Crippen LogP contribution in [0, 0.1) is 11.8 Å². The molecule has 2 aromatic carbocycles. The van der Waals surface area contributed by atoms with E-state index in [1.807, 2.05) is 42.5 Å². The first-order chi connectivity index (χ1) is 18.1. The Morgan fingerprint density at radius 3 is 2.29 bits per heavy atom. The van der Waals surface area contributed by atoms with Gasteiger partial charge in [0, 0.05) is 28.6 Å². The standard InChI is InChI=1S/C29H32N4O5/c1-14(2)22(27(35)32-23(15(3)4)29(37)38)31-26(34)21-13-19-16-9-7-8-12-20(16)30-24(19)25-17-10-5-6-11-18(17)28(36)33(21)25/h5-12,14-15,21-23,25,30H,13H2,1-4H3,(H,31,34)(H,32,35)(H,37,38)/t21-,22-,23+,25?/m0/s1. The average molecular weight is 517 g/mol. The van der Waals surface area contributed by atoms with E-state index < -0.39 is 42.0 Å². The van der Waals surface area contributed by atoms with Gasteiger partial charge in [0.15, 0.2) is 0 Å². The second kappa shape index (κ2) is 9.63. The molecule has 9 nitrogen and oxygen atoms in total. The van der Waals surface area contributed by atoms with Crippen molar-refractivity contribution < 1.29 is 24.3 Å². The molecule has 0 saturated heterocycles. The molecule has 0 bridgehead atoms. The Morgan fingerprint density at radius 2 is 1.61 bits per heavy atom. The van der Waals surface area contributed by atoms with E-state index in [-0.39, 0.29) is 24.2 Å². The zero-order valence-electron chi connectivity index (χ0n) is 21.8. The number of amides is 3. The van der Waals surface area contributed by atoms with E-state index in [9.17, 15) is 24.3 Å². The van der Waals surface area contributed by atoms with Crippen molar-refractivity contribution in [2.45, 2.75) is 58.3 Å². The molecule has 38 heavy (non-hydrogen) atoms. The predicted molar refractivity (Wildman–Crippen MR) is 141 cm³/mol. The first kappa shape index (κ1) is 25.5. The van der Waals surface area contributed by atoms with Gasteiger partial charge in [-0.05, 0) is 35.1 Å². The Morgan fingerprint density at radius 1 is 0.947 bits per heavy atom. The lowest BCUT2D eigenvalue weighted by Crippen LogP contribution is -2.59. The number of H-pyrrole nitrogens is 1. The zero-order chi connectivity index (χ0) is 27.3. The van der Waals surface area contributed by atoms with Gasteiger partial charge in [-0.1, -0.05) is 64.1 Å². The minimum Gasteiger partial charge on any atom is -0.480 e. The molecule has 1 unspecified atom stereocenters. The summed E-state index contributed by atoms with van der Waals surface area (Å²) in [7, 11) is 0. The summed E-state index contributed by atoms with van der Waals surface area (Å²) >= 11 is 0. The molecule has 9 heteroatoms. The molecule has 3 heterocycles. The molecule has 198 valence electrons. The van der Waals surface area contributed by atoms with E-state index in [2.05, 4.69) is 15.6 Å². The van der Waals surface area contributed by atoms with Gasteiger partial charge in [-0.15, -0.1) is 0 Å². The predicted octanol–water partition coefficient (Wildman–Crippen LogP) is 3.00. The van der Waals surface area contributed by atoms with E-state index in [1.54, 1.807) is 38.7 Å². The lowest BCUT2D eigenvalue weighted by atomic mass is 9.89. The number of hydrogen-bond acceptors (Lipinski definition) is 4. The molecule has 0 fully saturated rings. The van der Waals surface area contributed by atoms with Crippen molar-refractivity contribution in [1.82, 2.24) is 20.5 Å². The molecule has 3 amide bonds. The SMILES string of the molecule is CC(C)[C@H](NC(=O)[C@@H]1Cc2c([nH]c3ccccc23)C2c3ccccc3C(=O)N21)C(=O)N[C@@H](C(=O)O)C(C)C. The van der Waals surface area contributed by atoms with Gasteiger partial charge >= 0.3 is 5.97 Å². The molecule has 0 radical (unpaired) electrons. The van der Waals surface area contributed by atoms with Crippen LogP contribution >= 0.6 is 0 Å². The molecule has 0 spiro atoms. The van der Waals surface area contributed by atoms with E-state index in [1.165, 1.54) is 0 Å². The number of carboxylic acid groups (broad SMARTS) is 1. The summed E-state index contributed by atoms with van der Waals surface area (Å²) in [5, 5.41) is 15.9. The molecular weight excluding hydrogens is 484 g/mol. The number of benzene rings is 2. The highest BCUT2D eigenvalue weighted by atomic mass is 16.4. The first-order valence-electron chi connectivity index (χ1n) is 12.9. The Kier molecular flexibility index (Phi) is 6.46. The van der Waals surface area contributed by atoms with Crippen LogP contribution in [0.1, 0.15) is 60.9 Å². The molecular formula is C29H32N4O5. The number of nitrogens with zero attached hydrogens (tertiary/aromatic N) is 1. The van der Waals surface area contributed by atoms with Crippen molar-refractivity contribution in [2.24, 2.45) is 11.8 Å². The molecule has 1 aromatic heterocycles. The van der Waals surface area contributed by atoms with E-state index in [4.69, 9.17) is 0 Å². The van der Waals surface area contributed by atoms with Gasteiger partial charge in [-0.25, -0.2) is 4.79 Å². The summed E-state index contributed by atoms with van der Waals surface area (Å²) in [5.41, 5.74) is 4.20. The number of rotatable bonds is 7. The first-order valence-corrected chi connectivity index (χ1v) is 12.9. The van der Waals surface area contributed by atoms with Gasteiger partial charge in [-0.3, -0.25) is 14.4 Å². The van der Waals surface area contributed by atoms with Crippen LogP contribution in [0.4, 0.5) is 0 Å². The summed E-state index contributed by atoms with van der Waals surface area (Å²) in [4.78, 5) is 57.4.